The minimum Gasteiger partial charge on any atom is -0.495 e. The quantitative estimate of drug-likeness (QED) is 0.686. The first kappa shape index (κ1) is 11.0. The predicted molar refractivity (Wildman–Crippen MR) is 59.1 cm³/mol. The largest absolute Gasteiger partial charge is 0.495 e. The van der Waals surface area contributed by atoms with Crippen LogP contribution in [0, 0.1) is 0 Å². The van der Waals surface area contributed by atoms with E-state index >= 15 is 0 Å². The zero-order valence-corrected chi connectivity index (χ0v) is 9.02. The monoisotopic (exact) mass is 232 g/mol. The topological polar surface area (TPSA) is 50.4 Å². The summed E-state index contributed by atoms with van der Waals surface area (Å²) in [5, 5.41) is 3.03. The van der Waals surface area contributed by atoms with Crippen LogP contribution in [0.25, 0.3) is 0 Å². The maximum Gasteiger partial charge on any atom is 0.329 e. The molecule has 76 valence electrons. The summed E-state index contributed by atoms with van der Waals surface area (Å²) in [6.07, 6.45) is 0. The Morgan fingerprint density at radius 2 is 2.29 bits per heavy atom. The SMILES string of the molecule is COc1ccc(Cl)cc1NC(=O)NS. The molecule has 14 heavy (non-hydrogen) atoms. The van der Waals surface area contributed by atoms with Gasteiger partial charge < -0.3 is 10.1 Å². The lowest BCUT2D eigenvalue weighted by Crippen LogP contribution is -2.20. The maximum atomic E-state index is 11.0. The van der Waals surface area contributed by atoms with Crippen LogP contribution in [0.2, 0.25) is 5.02 Å². The zero-order chi connectivity index (χ0) is 10.6. The summed E-state index contributed by atoms with van der Waals surface area (Å²) in [6.45, 7) is 0. The molecule has 0 bridgehead atoms. The second-order valence-corrected chi connectivity index (χ2v) is 3.07. The van der Waals surface area contributed by atoms with Gasteiger partial charge in [-0.3, -0.25) is 4.72 Å². The van der Waals surface area contributed by atoms with E-state index in [4.69, 9.17) is 16.3 Å². The molecular formula is C8H9ClN2O2S. The summed E-state index contributed by atoms with van der Waals surface area (Å²) >= 11 is 9.35. The number of rotatable bonds is 2. The molecule has 0 aliphatic rings. The molecule has 0 saturated heterocycles. The highest BCUT2D eigenvalue weighted by molar-refractivity contribution is 7.78. The number of urea groups is 1. The van der Waals surface area contributed by atoms with Gasteiger partial charge in [0.15, 0.2) is 0 Å². The molecule has 0 aliphatic heterocycles. The molecule has 0 aromatic heterocycles. The smallest absolute Gasteiger partial charge is 0.329 e. The van der Waals surface area contributed by atoms with Gasteiger partial charge in [0.1, 0.15) is 5.75 Å². The van der Waals surface area contributed by atoms with Crippen LogP contribution in [-0.2, 0) is 0 Å². The molecule has 1 aromatic rings. The number of carbonyl (C=O) groups is 1. The van der Waals surface area contributed by atoms with Crippen LogP contribution >= 0.6 is 24.4 Å². The molecule has 0 atom stereocenters. The molecule has 6 heteroatoms. The summed E-state index contributed by atoms with van der Waals surface area (Å²) < 4.78 is 7.15. The van der Waals surface area contributed by atoms with Crippen LogP contribution in [0.15, 0.2) is 18.2 Å². The molecule has 4 nitrogen and oxygen atoms in total. The molecule has 1 rings (SSSR count). The highest BCUT2D eigenvalue weighted by atomic mass is 35.5. The van der Waals surface area contributed by atoms with Crippen LogP contribution in [0.3, 0.4) is 0 Å². The van der Waals surface area contributed by atoms with Gasteiger partial charge >= 0.3 is 6.03 Å². The first-order chi connectivity index (χ1) is 6.67. The van der Waals surface area contributed by atoms with E-state index in [1.54, 1.807) is 18.2 Å². The van der Waals surface area contributed by atoms with Gasteiger partial charge in [-0.2, -0.15) is 0 Å². The third-order valence-electron chi connectivity index (χ3n) is 1.51. The summed E-state index contributed by atoms with van der Waals surface area (Å²) in [4.78, 5) is 11.0. The van der Waals surface area contributed by atoms with Gasteiger partial charge in [0.2, 0.25) is 0 Å². The highest BCUT2D eigenvalue weighted by Crippen LogP contribution is 2.27. The number of thiol groups is 1. The Kier molecular flexibility index (Phi) is 3.91. The van der Waals surface area contributed by atoms with Crippen molar-refractivity contribution in [1.82, 2.24) is 4.72 Å². The van der Waals surface area contributed by atoms with Crippen LogP contribution in [0.4, 0.5) is 10.5 Å². The van der Waals surface area contributed by atoms with Crippen molar-refractivity contribution in [2.75, 3.05) is 12.4 Å². The van der Waals surface area contributed by atoms with Crippen molar-refractivity contribution in [3.63, 3.8) is 0 Å². The number of amides is 2. The van der Waals surface area contributed by atoms with Crippen molar-refractivity contribution in [3.05, 3.63) is 23.2 Å². The molecule has 0 saturated carbocycles. The lowest BCUT2D eigenvalue weighted by Gasteiger charge is -2.09. The number of hydrogen-bond donors (Lipinski definition) is 3. The second kappa shape index (κ2) is 4.97. The minimum absolute atomic E-state index is 0.450. The second-order valence-electron chi connectivity index (χ2n) is 2.41. The van der Waals surface area contributed by atoms with Crippen molar-refractivity contribution < 1.29 is 9.53 Å². The first-order valence-electron chi connectivity index (χ1n) is 3.72. The van der Waals surface area contributed by atoms with Crippen molar-refractivity contribution in [1.29, 1.82) is 0 Å². The molecule has 0 aliphatic carbocycles. The minimum atomic E-state index is -0.450. The standard InChI is InChI=1S/C8H9ClN2O2S/c1-13-7-3-2-5(9)4-6(7)10-8(12)11-14/h2-4,14H,1H3,(H2,10,11,12). The number of carbonyl (C=O) groups excluding carboxylic acids is 1. The van der Waals surface area contributed by atoms with Gasteiger partial charge in [-0.25, -0.2) is 4.79 Å². The lowest BCUT2D eigenvalue weighted by molar-refractivity contribution is 0.257. The third kappa shape index (κ3) is 2.71. The molecular weight excluding hydrogens is 224 g/mol. The van der Waals surface area contributed by atoms with E-state index in [0.29, 0.717) is 16.5 Å². The van der Waals surface area contributed by atoms with E-state index in [0.717, 1.165) is 0 Å². The molecule has 2 amide bonds. The Balaban J connectivity index is 2.93. The Morgan fingerprint density at radius 1 is 1.57 bits per heavy atom. The average Bonchev–Trinajstić information content (AvgIpc) is 2.18. The number of hydrogen-bond acceptors (Lipinski definition) is 3. The van der Waals surface area contributed by atoms with Crippen LogP contribution in [-0.4, -0.2) is 13.1 Å². The van der Waals surface area contributed by atoms with Crippen LogP contribution in [0.1, 0.15) is 0 Å². The average molecular weight is 233 g/mol. The van der Waals surface area contributed by atoms with Crippen molar-refractivity contribution in [2.24, 2.45) is 0 Å². The summed E-state index contributed by atoms with van der Waals surface area (Å²) in [6, 6.07) is 4.47. The predicted octanol–water partition coefficient (Wildman–Crippen LogP) is 2.31. The molecule has 0 spiro atoms. The Hall–Kier alpha value is -1.07. The van der Waals surface area contributed by atoms with Crippen LogP contribution in [0.5, 0.6) is 5.75 Å². The van der Waals surface area contributed by atoms with E-state index in [2.05, 4.69) is 22.9 Å². The van der Waals surface area contributed by atoms with Gasteiger partial charge in [0.25, 0.3) is 0 Å². The molecule has 0 radical (unpaired) electrons. The van der Waals surface area contributed by atoms with E-state index in [9.17, 15) is 4.79 Å². The first-order valence-corrected chi connectivity index (χ1v) is 4.54. The number of ether oxygens (including phenoxy) is 1. The zero-order valence-electron chi connectivity index (χ0n) is 7.37. The number of halogens is 1. The Labute approximate surface area is 92.1 Å². The van der Waals surface area contributed by atoms with Crippen molar-refractivity contribution >= 4 is 36.1 Å². The number of methoxy groups -OCH3 is 1. The Bertz CT molecular complexity index is 346. The lowest BCUT2D eigenvalue weighted by atomic mass is 10.3. The van der Waals surface area contributed by atoms with Gasteiger partial charge in [0, 0.05) is 5.02 Å². The summed E-state index contributed by atoms with van der Waals surface area (Å²) in [5.74, 6) is 0.534. The van der Waals surface area contributed by atoms with E-state index in [1.165, 1.54) is 7.11 Å². The molecule has 0 fully saturated rings. The fraction of sp³-hybridized carbons (Fsp3) is 0.125. The molecule has 2 N–H and O–H groups in total. The normalized spacial score (nSPS) is 9.36. The van der Waals surface area contributed by atoms with Crippen molar-refractivity contribution in [3.8, 4) is 5.75 Å². The van der Waals surface area contributed by atoms with Crippen molar-refractivity contribution in [2.45, 2.75) is 0 Å². The van der Waals surface area contributed by atoms with E-state index < -0.39 is 6.03 Å². The molecule has 0 unspecified atom stereocenters. The van der Waals surface area contributed by atoms with Gasteiger partial charge in [0.05, 0.1) is 12.8 Å². The highest BCUT2D eigenvalue weighted by Gasteiger charge is 2.06. The summed E-state index contributed by atoms with van der Waals surface area (Å²) in [5.41, 5.74) is 0.492. The number of anilines is 1. The van der Waals surface area contributed by atoms with Gasteiger partial charge in [-0.1, -0.05) is 24.4 Å². The Morgan fingerprint density at radius 3 is 2.86 bits per heavy atom. The maximum absolute atomic E-state index is 11.0. The summed E-state index contributed by atoms with van der Waals surface area (Å²) in [7, 11) is 1.51. The van der Waals surface area contributed by atoms with Gasteiger partial charge in [-0.15, -0.1) is 0 Å². The molecule has 1 aromatic carbocycles. The fourth-order valence-corrected chi connectivity index (χ4v) is 1.16. The number of benzene rings is 1. The van der Waals surface area contributed by atoms with Gasteiger partial charge in [-0.05, 0) is 18.2 Å². The molecule has 0 heterocycles. The fourth-order valence-electron chi connectivity index (χ4n) is 0.928. The van der Waals surface area contributed by atoms with E-state index in [-0.39, 0.29) is 0 Å². The van der Waals surface area contributed by atoms with E-state index in [1.807, 2.05) is 0 Å². The number of nitrogens with one attached hydrogen (secondary N) is 2. The third-order valence-corrected chi connectivity index (χ3v) is 1.95. The van der Waals surface area contributed by atoms with Crippen LogP contribution < -0.4 is 14.8 Å².